The summed E-state index contributed by atoms with van der Waals surface area (Å²) in [5.74, 6) is 0.537. The molecule has 24 heavy (non-hydrogen) atoms. The Kier molecular flexibility index (Phi) is 3.73. The minimum Gasteiger partial charge on any atom is -0.342 e. The molecule has 1 saturated heterocycles. The lowest BCUT2D eigenvalue weighted by molar-refractivity contribution is -0.133. The highest BCUT2D eigenvalue weighted by molar-refractivity contribution is 5.81. The summed E-state index contributed by atoms with van der Waals surface area (Å²) < 4.78 is 31.9. The number of nitrogens with zero attached hydrogens (tertiary/aromatic N) is 3. The van der Waals surface area contributed by atoms with Crippen LogP contribution in [-0.4, -0.2) is 34.0 Å². The van der Waals surface area contributed by atoms with Gasteiger partial charge in [0, 0.05) is 36.2 Å². The van der Waals surface area contributed by atoms with E-state index >= 15 is 0 Å². The van der Waals surface area contributed by atoms with E-state index in [1.807, 2.05) is 4.90 Å². The number of amides is 1. The van der Waals surface area contributed by atoms with Gasteiger partial charge >= 0.3 is 0 Å². The second kappa shape index (κ2) is 5.79. The lowest BCUT2D eigenvalue weighted by atomic mass is 9.91. The van der Waals surface area contributed by atoms with Crippen LogP contribution in [0.15, 0.2) is 10.6 Å². The third-order valence-electron chi connectivity index (χ3n) is 5.05. The van der Waals surface area contributed by atoms with Gasteiger partial charge < -0.3 is 9.42 Å². The molecule has 7 heteroatoms. The highest BCUT2D eigenvalue weighted by Crippen LogP contribution is 2.36. The SMILES string of the molecule is Cc1noc2nc(C3CCN(C(=O)C4CC4)CC3)cc(C(F)F)c12. The molecule has 2 aromatic heterocycles. The fraction of sp³-hybridized carbons (Fsp3) is 0.588. The van der Waals surface area contributed by atoms with Gasteiger partial charge in [0.1, 0.15) is 0 Å². The van der Waals surface area contributed by atoms with Crippen LogP contribution in [0.2, 0.25) is 0 Å². The highest BCUT2D eigenvalue weighted by Gasteiger charge is 2.35. The van der Waals surface area contributed by atoms with Gasteiger partial charge in [0.25, 0.3) is 12.1 Å². The summed E-state index contributed by atoms with van der Waals surface area (Å²) >= 11 is 0. The first-order chi connectivity index (χ1) is 11.5. The predicted octanol–water partition coefficient (Wildman–Crippen LogP) is 3.58. The van der Waals surface area contributed by atoms with Crippen molar-refractivity contribution in [3.8, 4) is 0 Å². The normalized spacial score (nSPS) is 19.4. The van der Waals surface area contributed by atoms with E-state index in [4.69, 9.17) is 4.52 Å². The average molecular weight is 335 g/mol. The van der Waals surface area contributed by atoms with Crippen LogP contribution in [0.5, 0.6) is 0 Å². The molecule has 4 rings (SSSR count). The van der Waals surface area contributed by atoms with E-state index in [0.717, 1.165) is 25.7 Å². The number of likely N-dealkylation sites (tertiary alicyclic amines) is 1. The second-order valence-electron chi connectivity index (χ2n) is 6.76. The van der Waals surface area contributed by atoms with Gasteiger partial charge in [0.15, 0.2) is 0 Å². The lowest BCUT2D eigenvalue weighted by Gasteiger charge is -2.32. The van der Waals surface area contributed by atoms with E-state index in [0.29, 0.717) is 29.9 Å². The summed E-state index contributed by atoms with van der Waals surface area (Å²) in [4.78, 5) is 18.4. The molecule has 1 aliphatic heterocycles. The summed E-state index contributed by atoms with van der Waals surface area (Å²) in [6, 6.07) is 1.49. The Bertz CT molecular complexity index is 777. The predicted molar refractivity (Wildman–Crippen MR) is 82.8 cm³/mol. The minimum atomic E-state index is -2.59. The molecule has 1 aliphatic carbocycles. The number of rotatable bonds is 3. The number of carbonyl (C=O) groups excluding carboxylic acids is 1. The molecule has 1 amide bonds. The zero-order valence-corrected chi connectivity index (χ0v) is 13.5. The van der Waals surface area contributed by atoms with Gasteiger partial charge in [0.2, 0.25) is 5.91 Å². The van der Waals surface area contributed by atoms with Crippen molar-refractivity contribution < 1.29 is 18.1 Å². The lowest BCUT2D eigenvalue weighted by Crippen LogP contribution is -2.38. The van der Waals surface area contributed by atoms with Crippen molar-refractivity contribution in [3.63, 3.8) is 0 Å². The number of fused-ring (bicyclic) bond motifs is 1. The maximum Gasteiger partial charge on any atom is 0.264 e. The van der Waals surface area contributed by atoms with Crippen molar-refractivity contribution in [1.29, 1.82) is 0 Å². The summed E-state index contributed by atoms with van der Waals surface area (Å²) in [5.41, 5.74) is 1.17. The number of aryl methyl sites for hydroxylation is 1. The Morgan fingerprint density at radius 3 is 2.62 bits per heavy atom. The monoisotopic (exact) mass is 335 g/mol. The number of pyridine rings is 1. The Morgan fingerprint density at radius 2 is 2.00 bits per heavy atom. The maximum atomic E-state index is 13.4. The van der Waals surface area contributed by atoms with E-state index < -0.39 is 6.43 Å². The smallest absolute Gasteiger partial charge is 0.264 e. The van der Waals surface area contributed by atoms with Crippen molar-refractivity contribution in [2.75, 3.05) is 13.1 Å². The third-order valence-corrected chi connectivity index (χ3v) is 5.05. The molecule has 5 nitrogen and oxygen atoms in total. The summed E-state index contributed by atoms with van der Waals surface area (Å²) in [7, 11) is 0. The number of hydrogen-bond acceptors (Lipinski definition) is 4. The fourth-order valence-corrected chi connectivity index (χ4v) is 3.51. The third kappa shape index (κ3) is 2.65. The standard InChI is InChI=1S/C17H19F2N3O2/c1-9-14-12(15(18)19)8-13(20-16(14)24-21-9)10-4-6-22(7-5-10)17(23)11-2-3-11/h8,10-11,15H,2-7H2,1H3. The van der Waals surface area contributed by atoms with Crippen LogP contribution in [0.25, 0.3) is 11.1 Å². The molecule has 2 aliphatic rings. The summed E-state index contributed by atoms with van der Waals surface area (Å²) in [5, 5.41) is 4.08. The molecule has 2 aromatic rings. The van der Waals surface area contributed by atoms with Gasteiger partial charge in [-0.3, -0.25) is 4.79 Å². The van der Waals surface area contributed by atoms with Crippen LogP contribution >= 0.6 is 0 Å². The molecular formula is C17H19F2N3O2. The largest absolute Gasteiger partial charge is 0.342 e. The minimum absolute atomic E-state index is 0.0646. The average Bonchev–Trinajstić information content (AvgIpc) is 3.37. The molecular weight excluding hydrogens is 316 g/mol. The fourth-order valence-electron chi connectivity index (χ4n) is 3.51. The van der Waals surface area contributed by atoms with Crippen molar-refractivity contribution >= 4 is 17.0 Å². The molecule has 0 N–H and O–H groups in total. The number of carbonyl (C=O) groups is 1. The van der Waals surface area contributed by atoms with Crippen LogP contribution in [0.1, 0.15) is 55.0 Å². The second-order valence-corrected chi connectivity index (χ2v) is 6.76. The zero-order chi connectivity index (χ0) is 16.8. The van der Waals surface area contributed by atoms with Crippen LogP contribution in [0, 0.1) is 12.8 Å². The molecule has 0 bridgehead atoms. The van der Waals surface area contributed by atoms with Crippen molar-refractivity contribution in [1.82, 2.24) is 15.0 Å². The Hall–Kier alpha value is -2.05. The molecule has 1 saturated carbocycles. The molecule has 0 radical (unpaired) electrons. The van der Waals surface area contributed by atoms with Gasteiger partial charge in [0.05, 0.1) is 11.1 Å². The van der Waals surface area contributed by atoms with E-state index in [-0.39, 0.29) is 29.0 Å². The van der Waals surface area contributed by atoms with Crippen molar-refractivity contribution in [2.24, 2.45) is 5.92 Å². The zero-order valence-electron chi connectivity index (χ0n) is 13.5. The molecule has 128 valence electrons. The number of alkyl halides is 2. The van der Waals surface area contributed by atoms with Crippen LogP contribution < -0.4 is 0 Å². The molecule has 2 fully saturated rings. The molecule has 0 atom stereocenters. The Balaban J connectivity index is 1.57. The number of aromatic nitrogens is 2. The summed E-state index contributed by atoms with van der Waals surface area (Å²) in [6.45, 7) is 2.97. The van der Waals surface area contributed by atoms with E-state index in [1.165, 1.54) is 6.07 Å². The highest BCUT2D eigenvalue weighted by atomic mass is 19.3. The number of halogens is 2. The first-order valence-corrected chi connectivity index (χ1v) is 8.38. The van der Waals surface area contributed by atoms with Crippen molar-refractivity contribution in [2.45, 2.75) is 45.0 Å². The van der Waals surface area contributed by atoms with Gasteiger partial charge in [-0.1, -0.05) is 5.16 Å². The van der Waals surface area contributed by atoms with Gasteiger partial charge in [-0.2, -0.15) is 0 Å². The van der Waals surface area contributed by atoms with Crippen LogP contribution in [-0.2, 0) is 4.79 Å². The van der Waals surface area contributed by atoms with Gasteiger partial charge in [-0.25, -0.2) is 13.8 Å². The first kappa shape index (κ1) is 15.5. The first-order valence-electron chi connectivity index (χ1n) is 8.38. The molecule has 0 aromatic carbocycles. The van der Waals surface area contributed by atoms with Crippen molar-refractivity contribution in [3.05, 3.63) is 23.0 Å². The quantitative estimate of drug-likeness (QED) is 0.860. The molecule has 0 unspecified atom stereocenters. The number of hydrogen-bond donors (Lipinski definition) is 0. The van der Waals surface area contributed by atoms with Crippen LogP contribution in [0.4, 0.5) is 8.78 Å². The molecule has 0 spiro atoms. The Morgan fingerprint density at radius 1 is 1.29 bits per heavy atom. The maximum absolute atomic E-state index is 13.4. The number of piperidine rings is 1. The van der Waals surface area contributed by atoms with Gasteiger partial charge in [-0.05, 0) is 38.7 Å². The van der Waals surface area contributed by atoms with Crippen LogP contribution in [0.3, 0.4) is 0 Å². The van der Waals surface area contributed by atoms with E-state index in [2.05, 4.69) is 10.1 Å². The Labute approximate surface area is 138 Å². The topological polar surface area (TPSA) is 59.2 Å². The summed E-state index contributed by atoms with van der Waals surface area (Å²) in [6.07, 6.45) is 0.891. The molecule has 3 heterocycles. The van der Waals surface area contributed by atoms with Gasteiger partial charge in [-0.15, -0.1) is 0 Å². The van der Waals surface area contributed by atoms with E-state index in [9.17, 15) is 13.6 Å². The van der Waals surface area contributed by atoms with E-state index in [1.54, 1.807) is 6.92 Å².